The second kappa shape index (κ2) is 4.96. The van der Waals surface area contributed by atoms with Crippen molar-refractivity contribution in [1.29, 1.82) is 0 Å². The van der Waals surface area contributed by atoms with Gasteiger partial charge in [-0.05, 0) is 33.7 Å². The molecule has 1 aromatic heterocycles. The van der Waals surface area contributed by atoms with Crippen molar-refractivity contribution in [1.82, 2.24) is 10.3 Å². The molecule has 0 radical (unpaired) electrons. The second-order valence-electron chi connectivity index (χ2n) is 3.32. The summed E-state index contributed by atoms with van der Waals surface area (Å²) >= 11 is 5.60. The number of anilines is 2. The summed E-state index contributed by atoms with van der Waals surface area (Å²) in [5.74, 6) is -0.624. The number of aromatic nitrogens is 2. The molecule has 0 fully saturated rings. The molecule has 7 nitrogen and oxygen atoms in total. The molecule has 3 N–H and O–H groups in total. The molecular weight excluding hydrogens is 265 g/mol. The van der Waals surface area contributed by atoms with Crippen molar-refractivity contribution < 1.29 is 9.02 Å². The van der Waals surface area contributed by atoms with Crippen molar-refractivity contribution in [2.75, 3.05) is 11.1 Å². The van der Waals surface area contributed by atoms with E-state index in [0.717, 1.165) is 6.07 Å². The van der Waals surface area contributed by atoms with Crippen LogP contribution in [0.5, 0.6) is 0 Å². The van der Waals surface area contributed by atoms with E-state index < -0.39 is 12.0 Å². The number of nitrogens with one attached hydrogen (secondary N) is 1. The summed E-state index contributed by atoms with van der Waals surface area (Å²) in [6.07, 6.45) is -1.10. The number of nitrogens with zero attached hydrogens (tertiary/aromatic N) is 3. The average Bonchev–Trinajstić information content (AvgIpc) is 2.77. The van der Waals surface area contributed by atoms with E-state index in [-0.39, 0.29) is 16.5 Å². The van der Waals surface area contributed by atoms with E-state index >= 15 is 0 Å². The standard InChI is InChI=1S/C9H7ClFN5O2/c10-5-3-4(1-2-6(5)11)13-9(14-17)7-8(12)16-18-15-7/h1-3,9,13H,(H2,12,16). The van der Waals surface area contributed by atoms with Crippen molar-refractivity contribution in [2.24, 2.45) is 5.18 Å². The zero-order valence-electron chi connectivity index (χ0n) is 8.80. The fourth-order valence-corrected chi connectivity index (χ4v) is 1.46. The minimum Gasteiger partial charge on any atom is -0.379 e. The van der Waals surface area contributed by atoms with Crippen LogP contribution >= 0.6 is 11.6 Å². The van der Waals surface area contributed by atoms with Gasteiger partial charge < -0.3 is 11.1 Å². The lowest BCUT2D eigenvalue weighted by Crippen LogP contribution is -2.10. The third kappa shape index (κ3) is 2.38. The van der Waals surface area contributed by atoms with Crippen molar-refractivity contribution in [3.05, 3.63) is 39.6 Å². The average molecular weight is 272 g/mol. The predicted octanol–water partition coefficient (Wildman–Crippen LogP) is 2.32. The monoisotopic (exact) mass is 271 g/mol. The first kappa shape index (κ1) is 12.2. The summed E-state index contributed by atoms with van der Waals surface area (Å²) in [7, 11) is 0. The molecule has 9 heteroatoms. The number of nitrogens with two attached hydrogens (primary N) is 1. The molecule has 1 atom stereocenters. The molecule has 1 aromatic carbocycles. The van der Waals surface area contributed by atoms with Gasteiger partial charge in [-0.2, -0.15) is 0 Å². The van der Waals surface area contributed by atoms with Gasteiger partial charge in [-0.3, -0.25) is 0 Å². The second-order valence-corrected chi connectivity index (χ2v) is 3.72. The molecule has 0 saturated heterocycles. The highest BCUT2D eigenvalue weighted by molar-refractivity contribution is 6.31. The first-order valence-electron chi connectivity index (χ1n) is 4.74. The van der Waals surface area contributed by atoms with Gasteiger partial charge >= 0.3 is 0 Å². The fraction of sp³-hybridized carbons (Fsp3) is 0.111. The highest BCUT2D eigenvalue weighted by Gasteiger charge is 2.20. The van der Waals surface area contributed by atoms with Crippen LogP contribution < -0.4 is 11.1 Å². The first-order chi connectivity index (χ1) is 8.61. The topological polar surface area (TPSA) is 106 Å². The van der Waals surface area contributed by atoms with E-state index in [0.29, 0.717) is 5.69 Å². The predicted molar refractivity (Wildman–Crippen MR) is 62.3 cm³/mol. The van der Waals surface area contributed by atoms with Crippen LogP contribution in [0.2, 0.25) is 5.02 Å². The minimum atomic E-state index is -1.10. The van der Waals surface area contributed by atoms with Gasteiger partial charge in [0.1, 0.15) is 5.82 Å². The maximum atomic E-state index is 13.0. The van der Waals surface area contributed by atoms with Crippen LogP contribution in [0.1, 0.15) is 11.9 Å². The van der Waals surface area contributed by atoms with Gasteiger partial charge in [0.05, 0.1) is 5.02 Å². The van der Waals surface area contributed by atoms with Gasteiger partial charge in [0, 0.05) is 5.69 Å². The third-order valence-corrected chi connectivity index (χ3v) is 2.42. The molecule has 94 valence electrons. The Labute approximate surface area is 105 Å². The van der Waals surface area contributed by atoms with Crippen molar-refractivity contribution >= 4 is 23.1 Å². The molecular formula is C9H7ClFN5O2. The Bertz CT molecular complexity index is 576. The van der Waals surface area contributed by atoms with Gasteiger partial charge in [0.15, 0.2) is 11.5 Å². The van der Waals surface area contributed by atoms with Crippen LogP contribution in [0.4, 0.5) is 15.9 Å². The van der Waals surface area contributed by atoms with Gasteiger partial charge in [-0.25, -0.2) is 9.02 Å². The van der Waals surface area contributed by atoms with Gasteiger partial charge in [0.2, 0.25) is 6.17 Å². The van der Waals surface area contributed by atoms with Gasteiger partial charge in [-0.1, -0.05) is 11.6 Å². The molecule has 2 aromatic rings. The lowest BCUT2D eigenvalue weighted by molar-refractivity contribution is 0.303. The number of hydrogen-bond donors (Lipinski definition) is 2. The lowest BCUT2D eigenvalue weighted by Gasteiger charge is -2.10. The van der Waals surface area contributed by atoms with E-state index in [1.807, 2.05) is 0 Å². The van der Waals surface area contributed by atoms with Gasteiger partial charge in [0.25, 0.3) is 0 Å². The fourth-order valence-electron chi connectivity index (χ4n) is 1.28. The number of halogens is 2. The van der Waals surface area contributed by atoms with Crippen LogP contribution in [0.25, 0.3) is 0 Å². The van der Waals surface area contributed by atoms with Crippen LogP contribution in [0.3, 0.4) is 0 Å². The molecule has 0 aliphatic heterocycles. The number of rotatable bonds is 4. The number of nitroso groups, excluding NO2 is 1. The molecule has 1 unspecified atom stereocenters. The molecule has 18 heavy (non-hydrogen) atoms. The van der Waals surface area contributed by atoms with E-state index in [1.165, 1.54) is 12.1 Å². The van der Waals surface area contributed by atoms with E-state index in [2.05, 4.69) is 25.4 Å². The molecule has 0 aliphatic carbocycles. The Kier molecular flexibility index (Phi) is 3.38. The zero-order chi connectivity index (χ0) is 13.1. The Hall–Kier alpha value is -2.22. The minimum absolute atomic E-state index is 0.0467. The maximum Gasteiger partial charge on any atom is 0.211 e. The lowest BCUT2D eigenvalue weighted by atomic mass is 10.2. The van der Waals surface area contributed by atoms with Crippen molar-refractivity contribution in [3.63, 3.8) is 0 Å². The Morgan fingerprint density at radius 2 is 2.28 bits per heavy atom. The zero-order valence-corrected chi connectivity index (χ0v) is 9.56. The summed E-state index contributed by atoms with van der Waals surface area (Å²) in [6.45, 7) is 0. The summed E-state index contributed by atoms with van der Waals surface area (Å²) in [6, 6.07) is 3.85. The smallest absolute Gasteiger partial charge is 0.211 e. The summed E-state index contributed by atoms with van der Waals surface area (Å²) in [5, 5.41) is 12.2. The van der Waals surface area contributed by atoms with Crippen LogP contribution in [-0.2, 0) is 0 Å². The van der Waals surface area contributed by atoms with E-state index in [4.69, 9.17) is 17.3 Å². The summed E-state index contributed by atoms with van der Waals surface area (Å²) in [4.78, 5) is 10.7. The Morgan fingerprint density at radius 1 is 1.50 bits per heavy atom. The molecule has 2 rings (SSSR count). The van der Waals surface area contributed by atoms with Crippen molar-refractivity contribution in [3.8, 4) is 0 Å². The van der Waals surface area contributed by atoms with E-state index in [1.54, 1.807) is 0 Å². The summed E-state index contributed by atoms with van der Waals surface area (Å²) in [5.41, 5.74) is 5.86. The quantitative estimate of drug-likeness (QED) is 0.827. The maximum absolute atomic E-state index is 13.0. The van der Waals surface area contributed by atoms with Crippen LogP contribution in [-0.4, -0.2) is 10.3 Å². The molecule has 0 saturated carbocycles. The van der Waals surface area contributed by atoms with Gasteiger partial charge in [-0.15, -0.1) is 4.91 Å². The molecule has 0 spiro atoms. The first-order valence-corrected chi connectivity index (χ1v) is 5.11. The highest BCUT2D eigenvalue weighted by atomic mass is 35.5. The van der Waals surface area contributed by atoms with Crippen LogP contribution in [0, 0.1) is 10.7 Å². The Morgan fingerprint density at radius 3 is 2.83 bits per heavy atom. The van der Waals surface area contributed by atoms with E-state index in [9.17, 15) is 9.30 Å². The van der Waals surface area contributed by atoms with Crippen LogP contribution in [0.15, 0.2) is 28.0 Å². The number of nitrogen functional groups attached to an aromatic ring is 1. The SMILES string of the molecule is Nc1nonc1C(N=O)Nc1ccc(F)c(Cl)c1. The molecule has 0 aliphatic rings. The largest absolute Gasteiger partial charge is 0.379 e. The third-order valence-electron chi connectivity index (χ3n) is 2.13. The molecule has 0 bridgehead atoms. The Balaban J connectivity index is 2.23. The molecule has 1 heterocycles. The van der Waals surface area contributed by atoms with Crippen molar-refractivity contribution in [2.45, 2.75) is 6.17 Å². The normalized spacial score (nSPS) is 12.1. The number of hydrogen-bond acceptors (Lipinski definition) is 7. The highest BCUT2D eigenvalue weighted by Crippen LogP contribution is 2.25. The summed E-state index contributed by atoms with van der Waals surface area (Å²) < 4.78 is 17.3. The molecule has 0 amide bonds. The number of benzene rings is 1.